The highest BCUT2D eigenvalue weighted by Crippen LogP contribution is 2.03. The molecule has 0 aliphatic carbocycles. The van der Waals surface area contributed by atoms with E-state index in [1.165, 1.54) is 0 Å². The SMILES string of the molecule is CC[C@H](N)C(=O)NOC(C)(C)C. The Morgan fingerprint density at radius 3 is 2.42 bits per heavy atom. The van der Waals surface area contributed by atoms with Crippen LogP contribution < -0.4 is 11.2 Å². The molecule has 1 amide bonds. The maximum absolute atomic E-state index is 11.1. The van der Waals surface area contributed by atoms with Crippen LogP contribution in [-0.2, 0) is 9.63 Å². The average molecular weight is 174 g/mol. The standard InChI is InChI=1S/C8H18N2O2/c1-5-6(9)7(11)10-12-8(2,3)4/h6H,5,9H2,1-4H3,(H,10,11)/t6-/m0/s1. The molecule has 12 heavy (non-hydrogen) atoms. The summed E-state index contributed by atoms with van der Waals surface area (Å²) in [5.74, 6) is -0.271. The molecule has 0 fully saturated rings. The number of hydrogen-bond donors (Lipinski definition) is 2. The molecule has 0 spiro atoms. The molecule has 3 N–H and O–H groups in total. The van der Waals surface area contributed by atoms with Crippen LogP contribution in [-0.4, -0.2) is 17.6 Å². The number of amides is 1. The molecule has 0 aromatic carbocycles. The molecule has 0 rings (SSSR count). The molecular formula is C8H18N2O2. The predicted octanol–water partition coefficient (Wildman–Crippen LogP) is 0.570. The van der Waals surface area contributed by atoms with Gasteiger partial charge in [-0.3, -0.25) is 9.63 Å². The largest absolute Gasteiger partial charge is 0.320 e. The molecule has 0 aromatic rings. The second-order valence-electron chi connectivity index (χ2n) is 3.70. The first-order chi connectivity index (χ1) is 5.37. The van der Waals surface area contributed by atoms with Crippen LogP contribution in [0, 0.1) is 0 Å². The first-order valence-corrected chi connectivity index (χ1v) is 4.10. The third-order valence-electron chi connectivity index (χ3n) is 1.23. The summed E-state index contributed by atoms with van der Waals surface area (Å²) in [6, 6.07) is -0.479. The van der Waals surface area contributed by atoms with Gasteiger partial charge in [-0.2, -0.15) is 0 Å². The van der Waals surface area contributed by atoms with E-state index in [2.05, 4.69) is 5.48 Å². The highest BCUT2D eigenvalue weighted by Gasteiger charge is 2.15. The fourth-order valence-corrected chi connectivity index (χ4v) is 0.464. The molecule has 0 aromatic heterocycles. The molecule has 0 unspecified atom stereocenters. The summed E-state index contributed by atoms with van der Waals surface area (Å²) < 4.78 is 0. The van der Waals surface area contributed by atoms with Crippen molar-refractivity contribution in [3.63, 3.8) is 0 Å². The molecule has 1 atom stereocenters. The van der Waals surface area contributed by atoms with E-state index in [0.29, 0.717) is 6.42 Å². The summed E-state index contributed by atoms with van der Waals surface area (Å²) in [4.78, 5) is 16.1. The van der Waals surface area contributed by atoms with Crippen molar-refractivity contribution in [2.75, 3.05) is 0 Å². The van der Waals surface area contributed by atoms with E-state index in [0.717, 1.165) is 0 Å². The van der Waals surface area contributed by atoms with Gasteiger partial charge in [0.05, 0.1) is 11.6 Å². The van der Waals surface area contributed by atoms with E-state index in [1.54, 1.807) is 0 Å². The maximum atomic E-state index is 11.1. The van der Waals surface area contributed by atoms with Crippen LogP contribution >= 0.6 is 0 Å². The normalized spacial score (nSPS) is 14.1. The van der Waals surface area contributed by atoms with Gasteiger partial charge in [-0.25, -0.2) is 5.48 Å². The lowest BCUT2D eigenvalue weighted by molar-refractivity contribution is -0.146. The Kier molecular flexibility index (Phi) is 4.20. The number of carbonyl (C=O) groups excluding carboxylic acids is 1. The van der Waals surface area contributed by atoms with Crippen LogP contribution in [0.4, 0.5) is 0 Å². The van der Waals surface area contributed by atoms with Crippen LogP contribution in [0.5, 0.6) is 0 Å². The van der Waals surface area contributed by atoms with Gasteiger partial charge >= 0.3 is 0 Å². The van der Waals surface area contributed by atoms with Crippen molar-refractivity contribution in [1.29, 1.82) is 0 Å². The number of rotatable bonds is 3. The molecule has 4 nitrogen and oxygen atoms in total. The Bertz CT molecular complexity index is 152. The van der Waals surface area contributed by atoms with E-state index in [-0.39, 0.29) is 11.5 Å². The Labute approximate surface area is 73.4 Å². The molecule has 0 aliphatic heterocycles. The summed E-state index contributed by atoms with van der Waals surface area (Å²) in [6.45, 7) is 7.40. The molecule has 72 valence electrons. The minimum atomic E-state index is -0.479. The van der Waals surface area contributed by atoms with Gasteiger partial charge in [0.1, 0.15) is 0 Å². The number of hydroxylamine groups is 1. The van der Waals surface area contributed by atoms with Crippen molar-refractivity contribution in [2.24, 2.45) is 5.73 Å². The Balaban J connectivity index is 3.72. The Morgan fingerprint density at radius 1 is 1.58 bits per heavy atom. The van der Waals surface area contributed by atoms with E-state index in [1.807, 2.05) is 27.7 Å². The highest BCUT2D eigenvalue weighted by molar-refractivity contribution is 5.80. The van der Waals surface area contributed by atoms with Crippen molar-refractivity contribution in [3.05, 3.63) is 0 Å². The lowest BCUT2D eigenvalue weighted by Gasteiger charge is -2.20. The van der Waals surface area contributed by atoms with Gasteiger partial charge in [0.25, 0.3) is 5.91 Å². The smallest absolute Gasteiger partial charge is 0.260 e. The first-order valence-electron chi connectivity index (χ1n) is 4.10. The van der Waals surface area contributed by atoms with Gasteiger partial charge in [-0.05, 0) is 27.2 Å². The predicted molar refractivity (Wildman–Crippen MR) is 47.2 cm³/mol. The number of nitrogens with one attached hydrogen (secondary N) is 1. The molecule has 0 bridgehead atoms. The van der Waals surface area contributed by atoms with E-state index in [4.69, 9.17) is 10.6 Å². The lowest BCUT2D eigenvalue weighted by Crippen LogP contribution is -2.43. The van der Waals surface area contributed by atoms with Gasteiger partial charge in [0.2, 0.25) is 0 Å². The van der Waals surface area contributed by atoms with Gasteiger partial charge in [0, 0.05) is 0 Å². The zero-order valence-electron chi connectivity index (χ0n) is 8.18. The first kappa shape index (κ1) is 11.4. The molecule has 0 aliphatic rings. The second-order valence-corrected chi connectivity index (χ2v) is 3.70. The van der Waals surface area contributed by atoms with E-state index in [9.17, 15) is 4.79 Å². The summed E-state index contributed by atoms with van der Waals surface area (Å²) in [7, 11) is 0. The zero-order valence-corrected chi connectivity index (χ0v) is 8.18. The monoisotopic (exact) mass is 174 g/mol. The third kappa shape index (κ3) is 5.09. The number of hydrogen-bond acceptors (Lipinski definition) is 3. The average Bonchev–Trinajstić information content (AvgIpc) is 1.97. The van der Waals surface area contributed by atoms with E-state index < -0.39 is 6.04 Å². The molecule has 4 heteroatoms. The fourth-order valence-electron chi connectivity index (χ4n) is 0.464. The summed E-state index contributed by atoms with van der Waals surface area (Å²) in [6.07, 6.45) is 0.610. The van der Waals surface area contributed by atoms with Gasteiger partial charge in [0.15, 0.2) is 0 Å². The zero-order chi connectivity index (χ0) is 9.78. The van der Waals surface area contributed by atoms with E-state index >= 15 is 0 Å². The molecule has 0 saturated carbocycles. The van der Waals surface area contributed by atoms with Crippen LogP contribution in [0.3, 0.4) is 0 Å². The molecular weight excluding hydrogens is 156 g/mol. The molecule has 0 radical (unpaired) electrons. The molecule has 0 saturated heterocycles. The highest BCUT2D eigenvalue weighted by atomic mass is 16.7. The van der Waals surface area contributed by atoms with Gasteiger partial charge in [-0.15, -0.1) is 0 Å². The number of nitrogens with two attached hydrogens (primary N) is 1. The summed E-state index contributed by atoms with van der Waals surface area (Å²) in [5.41, 5.74) is 7.39. The van der Waals surface area contributed by atoms with Gasteiger partial charge in [-0.1, -0.05) is 6.92 Å². The van der Waals surface area contributed by atoms with Crippen molar-refractivity contribution < 1.29 is 9.63 Å². The van der Waals surface area contributed by atoms with Crippen LogP contribution in [0.2, 0.25) is 0 Å². The van der Waals surface area contributed by atoms with Crippen molar-refractivity contribution in [1.82, 2.24) is 5.48 Å². The Morgan fingerprint density at radius 2 is 2.08 bits per heavy atom. The number of carbonyl (C=O) groups is 1. The van der Waals surface area contributed by atoms with Crippen molar-refractivity contribution in [2.45, 2.75) is 45.8 Å². The maximum Gasteiger partial charge on any atom is 0.260 e. The van der Waals surface area contributed by atoms with Crippen molar-refractivity contribution >= 4 is 5.91 Å². The fraction of sp³-hybridized carbons (Fsp3) is 0.875. The third-order valence-corrected chi connectivity index (χ3v) is 1.23. The van der Waals surface area contributed by atoms with Crippen LogP contribution in [0.25, 0.3) is 0 Å². The Hall–Kier alpha value is -0.610. The summed E-state index contributed by atoms with van der Waals surface area (Å²) >= 11 is 0. The quantitative estimate of drug-likeness (QED) is 0.615. The van der Waals surface area contributed by atoms with Gasteiger partial charge < -0.3 is 5.73 Å². The minimum absolute atomic E-state index is 0.271. The topological polar surface area (TPSA) is 64.4 Å². The van der Waals surface area contributed by atoms with Crippen LogP contribution in [0.1, 0.15) is 34.1 Å². The minimum Gasteiger partial charge on any atom is -0.320 e. The summed E-state index contributed by atoms with van der Waals surface area (Å²) in [5, 5.41) is 0. The molecule has 0 heterocycles. The second kappa shape index (κ2) is 4.42. The van der Waals surface area contributed by atoms with Crippen LogP contribution in [0.15, 0.2) is 0 Å². The lowest BCUT2D eigenvalue weighted by atomic mass is 10.2. The van der Waals surface area contributed by atoms with Crippen molar-refractivity contribution in [3.8, 4) is 0 Å².